The van der Waals surface area contributed by atoms with Crippen molar-refractivity contribution in [1.82, 2.24) is 9.21 Å². The topological polar surface area (TPSA) is 92.9 Å². The number of methoxy groups -OCH3 is 1. The van der Waals surface area contributed by atoms with Crippen molar-refractivity contribution in [2.45, 2.75) is 4.90 Å². The van der Waals surface area contributed by atoms with Crippen molar-refractivity contribution >= 4 is 21.6 Å². The lowest BCUT2D eigenvalue weighted by molar-refractivity contribution is -0.132. The molecule has 7 nitrogen and oxygen atoms in total. The van der Waals surface area contributed by atoms with Gasteiger partial charge in [-0.2, -0.15) is 4.31 Å². The molecule has 1 aromatic rings. The number of carbonyl (C=O) groups excluding carboxylic acids is 1. The fourth-order valence-corrected chi connectivity index (χ4v) is 3.38. The van der Waals surface area contributed by atoms with E-state index in [0.717, 1.165) is 4.31 Å². The van der Waals surface area contributed by atoms with Gasteiger partial charge in [0.2, 0.25) is 15.9 Å². The van der Waals surface area contributed by atoms with Gasteiger partial charge in [0.05, 0.1) is 24.2 Å². The van der Waals surface area contributed by atoms with E-state index < -0.39 is 10.0 Å². The van der Waals surface area contributed by atoms with Crippen molar-refractivity contribution in [3.63, 3.8) is 0 Å². The number of sulfonamides is 1. The van der Waals surface area contributed by atoms with Crippen LogP contribution in [0.1, 0.15) is 0 Å². The lowest BCUT2D eigenvalue weighted by Gasteiger charge is -2.31. The maximum atomic E-state index is 12.5. The molecule has 0 aliphatic carbocycles. The Morgan fingerprint density at radius 2 is 2.00 bits per heavy atom. The van der Waals surface area contributed by atoms with Crippen molar-refractivity contribution < 1.29 is 17.9 Å². The molecule has 0 unspecified atom stereocenters. The minimum atomic E-state index is -3.72. The highest BCUT2D eigenvalue weighted by Crippen LogP contribution is 2.26. The van der Waals surface area contributed by atoms with Gasteiger partial charge in [0.15, 0.2) is 0 Å². The van der Waals surface area contributed by atoms with Crippen LogP contribution in [0.4, 0.5) is 5.69 Å². The fourth-order valence-electron chi connectivity index (χ4n) is 1.96. The minimum absolute atomic E-state index is 0.0631. The molecular formula is C12H17N3O4S. The number of amides is 1. The van der Waals surface area contributed by atoms with Crippen molar-refractivity contribution in [3.05, 3.63) is 18.2 Å². The van der Waals surface area contributed by atoms with E-state index in [1.165, 1.54) is 30.2 Å². The number of piperazine rings is 1. The number of hydrogen-bond donors (Lipinski definition) is 1. The normalized spacial score (nSPS) is 17.3. The Morgan fingerprint density at radius 1 is 1.30 bits per heavy atom. The van der Waals surface area contributed by atoms with Crippen molar-refractivity contribution in [2.24, 2.45) is 0 Å². The maximum Gasteiger partial charge on any atom is 0.243 e. The molecule has 8 heteroatoms. The van der Waals surface area contributed by atoms with Crippen molar-refractivity contribution in [3.8, 4) is 5.75 Å². The molecule has 0 atom stereocenters. The summed E-state index contributed by atoms with van der Waals surface area (Å²) >= 11 is 0. The van der Waals surface area contributed by atoms with Gasteiger partial charge in [-0.1, -0.05) is 0 Å². The van der Waals surface area contributed by atoms with Gasteiger partial charge in [0.1, 0.15) is 5.75 Å². The quantitative estimate of drug-likeness (QED) is 0.776. The summed E-state index contributed by atoms with van der Waals surface area (Å²) in [5.74, 6) is 0.194. The Kier molecular flexibility index (Phi) is 3.87. The molecule has 20 heavy (non-hydrogen) atoms. The van der Waals surface area contributed by atoms with Crippen LogP contribution in [0.5, 0.6) is 5.75 Å². The van der Waals surface area contributed by atoms with Gasteiger partial charge in [0, 0.05) is 20.1 Å². The zero-order chi connectivity index (χ0) is 14.9. The first-order chi connectivity index (χ1) is 9.36. The molecule has 0 aromatic heterocycles. The third kappa shape index (κ3) is 2.56. The van der Waals surface area contributed by atoms with E-state index in [0.29, 0.717) is 12.3 Å². The smallest absolute Gasteiger partial charge is 0.243 e. The Balaban J connectivity index is 2.31. The maximum absolute atomic E-state index is 12.5. The molecule has 110 valence electrons. The number of rotatable bonds is 3. The van der Waals surface area contributed by atoms with Gasteiger partial charge in [0.25, 0.3) is 0 Å². The number of hydrogen-bond acceptors (Lipinski definition) is 5. The number of likely N-dealkylation sites (N-methyl/N-ethyl adjacent to an activating group) is 1. The number of benzene rings is 1. The summed E-state index contributed by atoms with van der Waals surface area (Å²) in [6.07, 6.45) is 0. The van der Waals surface area contributed by atoms with Gasteiger partial charge < -0.3 is 15.4 Å². The fraction of sp³-hybridized carbons (Fsp3) is 0.417. The van der Waals surface area contributed by atoms with Crippen LogP contribution in [0, 0.1) is 0 Å². The monoisotopic (exact) mass is 299 g/mol. The lowest BCUT2D eigenvalue weighted by atomic mass is 10.3. The van der Waals surface area contributed by atoms with E-state index in [1.54, 1.807) is 7.05 Å². The van der Waals surface area contributed by atoms with E-state index in [9.17, 15) is 13.2 Å². The van der Waals surface area contributed by atoms with E-state index >= 15 is 0 Å². The standard InChI is InChI=1S/C12H17N3O4S/c1-14-5-6-15(8-12(14)16)20(17,18)9-3-4-11(19-2)10(13)7-9/h3-4,7H,5-6,8,13H2,1-2H3. The van der Waals surface area contributed by atoms with Gasteiger partial charge >= 0.3 is 0 Å². The van der Waals surface area contributed by atoms with Crippen LogP contribution >= 0.6 is 0 Å². The number of ether oxygens (including phenoxy) is 1. The van der Waals surface area contributed by atoms with E-state index in [-0.39, 0.29) is 29.6 Å². The second kappa shape index (κ2) is 5.29. The van der Waals surface area contributed by atoms with E-state index in [4.69, 9.17) is 10.5 Å². The number of nitrogen functional groups attached to an aromatic ring is 1. The summed E-state index contributed by atoms with van der Waals surface area (Å²) in [6.45, 7) is 0.505. The highest BCUT2D eigenvalue weighted by Gasteiger charge is 2.31. The second-order valence-electron chi connectivity index (χ2n) is 4.56. The van der Waals surface area contributed by atoms with Crippen molar-refractivity contribution in [2.75, 3.05) is 39.5 Å². The molecule has 1 saturated heterocycles. The lowest BCUT2D eigenvalue weighted by Crippen LogP contribution is -2.50. The Hall–Kier alpha value is -1.80. The van der Waals surface area contributed by atoms with Gasteiger partial charge in [-0.05, 0) is 18.2 Å². The first-order valence-electron chi connectivity index (χ1n) is 6.04. The molecule has 1 amide bonds. The number of carbonyl (C=O) groups is 1. The highest BCUT2D eigenvalue weighted by molar-refractivity contribution is 7.89. The van der Waals surface area contributed by atoms with Crippen LogP contribution in [-0.4, -0.2) is 57.3 Å². The zero-order valence-corrected chi connectivity index (χ0v) is 12.2. The van der Waals surface area contributed by atoms with Crippen LogP contribution < -0.4 is 10.5 Å². The summed E-state index contributed by atoms with van der Waals surface area (Å²) in [6, 6.07) is 4.27. The molecule has 1 aliphatic rings. The predicted molar refractivity (Wildman–Crippen MR) is 73.8 cm³/mol. The van der Waals surface area contributed by atoms with Gasteiger partial charge in [-0.3, -0.25) is 4.79 Å². The molecular weight excluding hydrogens is 282 g/mol. The minimum Gasteiger partial charge on any atom is -0.495 e. The Labute approximate surface area is 118 Å². The van der Waals surface area contributed by atoms with Crippen molar-refractivity contribution in [1.29, 1.82) is 0 Å². The largest absolute Gasteiger partial charge is 0.495 e. The van der Waals surface area contributed by atoms with Crippen LogP contribution in [0.2, 0.25) is 0 Å². The number of anilines is 1. The first kappa shape index (κ1) is 14.6. The van der Waals surface area contributed by atoms with Crippen LogP contribution in [0.15, 0.2) is 23.1 Å². The summed E-state index contributed by atoms with van der Waals surface area (Å²) < 4.78 is 31.1. The second-order valence-corrected chi connectivity index (χ2v) is 6.50. The predicted octanol–water partition coefficient (Wildman–Crippen LogP) is -0.260. The molecule has 1 heterocycles. The van der Waals surface area contributed by atoms with E-state index in [1.807, 2.05) is 0 Å². The molecule has 0 radical (unpaired) electrons. The average molecular weight is 299 g/mol. The van der Waals surface area contributed by atoms with E-state index in [2.05, 4.69) is 0 Å². The molecule has 0 bridgehead atoms. The summed E-state index contributed by atoms with van der Waals surface area (Å²) in [4.78, 5) is 13.2. The highest BCUT2D eigenvalue weighted by atomic mass is 32.2. The average Bonchev–Trinajstić information content (AvgIpc) is 2.41. The SMILES string of the molecule is COc1ccc(S(=O)(=O)N2CCN(C)C(=O)C2)cc1N. The Morgan fingerprint density at radius 3 is 2.55 bits per heavy atom. The molecule has 2 rings (SSSR count). The van der Waals surface area contributed by atoms with Gasteiger partial charge in [-0.25, -0.2) is 8.42 Å². The molecule has 0 spiro atoms. The van der Waals surface area contributed by atoms with Crippen LogP contribution in [0.3, 0.4) is 0 Å². The van der Waals surface area contributed by atoms with Gasteiger partial charge in [-0.15, -0.1) is 0 Å². The zero-order valence-electron chi connectivity index (χ0n) is 11.4. The third-order valence-electron chi connectivity index (χ3n) is 3.26. The number of nitrogens with two attached hydrogens (primary N) is 1. The summed E-state index contributed by atoms with van der Waals surface area (Å²) in [7, 11) is -0.608. The molecule has 1 fully saturated rings. The summed E-state index contributed by atoms with van der Waals surface area (Å²) in [5.41, 5.74) is 5.97. The number of nitrogens with zero attached hydrogens (tertiary/aromatic N) is 2. The van der Waals surface area contributed by atoms with Crippen LogP contribution in [0.25, 0.3) is 0 Å². The molecule has 2 N–H and O–H groups in total. The Bertz CT molecular complexity index is 630. The third-order valence-corrected chi connectivity index (χ3v) is 5.10. The van der Waals surface area contributed by atoms with Crippen LogP contribution in [-0.2, 0) is 14.8 Å². The molecule has 0 saturated carbocycles. The first-order valence-corrected chi connectivity index (χ1v) is 7.48. The summed E-state index contributed by atoms with van der Waals surface area (Å²) in [5, 5.41) is 0. The molecule has 1 aliphatic heterocycles. The molecule has 1 aromatic carbocycles.